The van der Waals surface area contributed by atoms with E-state index in [1.807, 2.05) is 0 Å². The van der Waals surface area contributed by atoms with Gasteiger partial charge in [-0.3, -0.25) is 18.6 Å². The molecular formula is C64H347F6N15O19S4. The minimum absolute atomic E-state index is 0. The largest absolute Gasteiger partial charge is 0.450 e. The quantitative estimate of drug-likeness (QED) is 0.00739. The van der Waals surface area contributed by atoms with Crippen LogP contribution in [-0.4, -0.2) is 206 Å². The molecule has 3 saturated heterocycles. The van der Waals surface area contributed by atoms with Crippen LogP contribution < -0.4 is 30.1 Å². The van der Waals surface area contributed by atoms with Gasteiger partial charge in [-0.05, 0) is 118 Å². The molecule has 3 aromatic carbocycles. The third-order valence-corrected chi connectivity index (χ3v) is 21.9. The van der Waals surface area contributed by atoms with Gasteiger partial charge in [-0.2, -0.15) is 8.42 Å². The monoisotopic (exact) mass is 2140 g/mol. The fraction of sp³-hybridized carbons (Fsp3) is 0.438. The van der Waals surface area contributed by atoms with Crippen molar-refractivity contribution in [3.05, 3.63) is 152 Å². The van der Waals surface area contributed by atoms with Crippen LogP contribution in [-0.2, 0) is 79.7 Å². The number of carbonyl (C=O) groups is 6. The zero-order valence-electron chi connectivity index (χ0n) is 326. The van der Waals surface area contributed by atoms with Crippen molar-refractivity contribution in [1.82, 2.24) is 42.6 Å². The van der Waals surface area contributed by atoms with Crippen molar-refractivity contribution in [1.29, 1.82) is 0 Å². The zero-order valence-corrected chi connectivity index (χ0v) is 62.9. The van der Waals surface area contributed by atoms with Crippen LogP contribution in [0.1, 0.15) is 465 Å². The Morgan fingerprint density at radius 1 is 0.519 bits per heavy atom. The molecule has 108 heavy (non-hydrogen) atoms. The van der Waals surface area contributed by atoms with Gasteiger partial charge in [0.2, 0.25) is 30.1 Å². The molecule has 0 saturated carbocycles. The molecule has 6 heterocycles. The van der Waals surface area contributed by atoms with Crippen molar-refractivity contribution >= 4 is 93.3 Å². The SMILES string of the molecule is CCOC(=O)N1CC(CN=[N+]=[N-])C(NS(=O)(=O)c2cn(C)c(C(=O)Nc3ccc(F)c(C)c3)c2F)C1.CCOC(=O)N1CC(CO)C(NS(=O)(=O)c2cn(C)c(C(=O)Nc3ccc(F)c(C)c3)c2F)C1.CCOC(=O)N1CC(COS(C)(=O)=O)C(NS(=O)(=O)c2cn(C)c(C(=O)Nc3ccc(F)c(C)c3)c2F)C1.[2HH].[2H][2H].[2H][2H].[2H][2H].[2H][2H].[2H][2H].[2H][2H].[2H][2H].[2H][2H].[2H][2H].[2H][2H].[2H][2H].[2H][2H].[2H][2H].[2H][2H].[2H][2H].[2H][2H].[2H][2H].[2H][2H].[2H][2H].[2H][2H].[2H][2H].[2H][2H].[2H][2H].[2H][2H].[2H][2H].[2H][2H].[2H][2H].[2H][2H].[2H][2H].[2H][2H].[2H][2H].[2H][2H].[2H][2H].[2H][2H].[2H][2H].[2H][2H].[2H][2H].[2H][2H].[2H][2H].[2H][2H].[2H][2H].[2H][2H].[2H][2H].[2H][2H].[2H][2H].[2H][2H].[2H][2H].[2H][2H].[2H][2H].[2H][2H].[2H][2H].[2H][2H].[2H][2H].[2H][2H].[2H][2H].[2H][2H].[2H][2H].[2H][2H].[2H][2H].[2H][2H].[2H][2H].[2H][2H].[2H][2H].[2H][2H].[2H][2H].[2H][2H].[2H][2H].[2H][2H].[2H][2H].[2H][2H].[2H][2H].[2H][2H].[2H][2H].[2H][2H].[2H][2H].[2H][2H].[2H][2H].[2H][2H].[2H][2H].[2H][2H].[2H][2H].[2H][2H].[2H][2H].[2H][2H].[2H][2H].[2H][2H].[2H][2H].[2H][2H].[2H][2H].[2H][2H].[2H][2H].[2H][2H].[2H][2H].[2H][2H].[2H][2H].[2H][2H].[2H][2H].[2H][2H].[2H][2H].[2H][2H].[2H][2H].[2H][2H].[2H][2H].[2H][2H].[2H][2H].[2H][2H].[2H][2H].[2H][2H].[2H][2H].[2H][2H].[2H][2H].[2H][2H].[2H][2H].[2H][2H].[2H][2H].[2H][2H].[2H][2H].[2H][2H].[2H][2H].[2H][2H].[2H][2H].[2H][2H].[2H][2H].[2H][2H].[2H][2H].[2H][2H].[2H][2H].[2H][2H].[2H][2H].[2H][2H].[2H][2H].[2H][2H].[2H][2H]. The summed E-state index contributed by atoms with van der Waals surface area (Å²) < 4.78 is 1550. The highest BCUT2D eigenvalue weighted by Crippen LogP contribution is 2.30. The van der Waals surface area contributed by atoms with Gasteiger partial charge in [-0.25, -0.2) is 80.1 Å². The van der Waals surface area contributed by atoms with Gasteiger partial charge >= 0.3 is 18.3 Å². The van der Waals surface area contributed by atoms with E-state index < -0.39 is 192 Å². The van der Waals surface area contributed by atoms with Crippen LogP contribution in [0.2, 0.25) is 0 Å². The molecule has 0 aliphatic carbocycles. The second-order valence-electron chi connectivity index (χ2n) is 24.9. The molecule has 6 aromatic rings. The number of azide groups is 1. The molecular weight excluding hydrogens is 1530 g/mol. The highest BCUT2D eigenvalue weighted by atomic mass is 32.2. The van der Waals surface area contributed by atoms with Crippen molar-refractivity contribution in [3.63, 3.8) is 0 Å². The van der Waals surface area contributed by atoms with Gasteiger partial charge in [-0.1, -0.05) is 5.11 Å². The Morgan fingerprint density at radius 2 is 0.815 bits per heavy atom. The number of halogens is 6. The van der Waals surface area contributed by atoms with E-state index >= 15 is 13.2 Å². The summed E-state index contributed by atoms with van der Waals surface area (Å²) in [5.41, 5.74) is 8.32. The van der Waals surface area contributed by atoms with Crippen LogP contribution in [0.4, 0.5) is 57.8 Å². The van der Waals surface area contributed by atoms with Crippen LogP contribution in [0.25, 0.3) is 10.4 Å². The lowest BCUT2D eigenvalue weighted by Gasteiger charge is -2.18. The standard InChI is InChI=1S/C22H28F2N4O8S2.C21H25F2N7O5S.C21H26F2N4O6S.134H2/c1-5-35-22(30)28-9-14(12-36-37(4,31)32)17(10-28)26-38(33,34)18-11-27(3)20(19(18)24)21(29)25-15-6-7-16(23)13(2)8-15;1-4-35-21(32)30-9-13(8-25-28-24)16(10-30)27-36(33,34)17-11-29(3)19(18(17)23)20(31)26-14-5-6-15(22)12(2)7-14;1-4-33-21(30)27-8-13(11-28)16(9-27)25-34(31,32)17-10-26(3)19(18(17)23)20(29)24-14-5-6-15(22)12(2)7-14;;;;;;;;;;;;;;;;;;;;;;;;;;;;;;;;;;;;;;;;;;;;;;;;;;;;;;;;;;;;;;;;;;;;;;;;;;;;;;;;;;;;;;;;;;;;;;;;;;;;;;;;;;;;;;;;;;;;;;;;;;;;;;;;;;;;;;/h6-8,11,14,17,26H,5,9-10,12H2,1-4H3,(H,25,29);5-7,11,13,16,27H,4,8-10H2,1-3H3,(H,26,31);5-7,10,13,16,25,28H,4,8-9,11H2,1-3H3,(H,24,29);134*1H/i;;;133*1+1D;1+1. The normalized spacial score (nSPS) is 27.8. The maximum atomic E-state index is 15.3. The number of aromatic nitrogens is 3. The molecule has 3 aliphatic heterocycles. The third kappa shape index (κ3) is 21.1. The number of ether oxygens (including phenoxy) is 3. The van der Waals surface area contributed by atoms with Gasteiger partial charge in [0.1, 0.15) is 49.2 Å². The van der Waals surface area contributed by atoms with Crippen molar-refractivity contribution in [2.24, 2.45) is 44.0 Å². The maximum absolute atomic E-state index is 15.3. The maximum Gasteiger partial charge on any atom is 0.409 e. The molecule has 6 atom stereocenters. The first kappa shape index (κ1) is 16.5. The molecule has 7 N–H and O–H groups in total. The number of nitrogens with one attached hydrogen (secondary N) is 6. The van der Waals surface area contributed by atoms with E-state index in [9.17, 15) is 80.7 Å². The Bertz CT molecular complexity index is 5250. The van der Waals surface area contributed by atoms with Crippen molar-refractivity contribution in [2.75, 3.05) is 101 Å². The molecule has 3 fully saturated rings. The molecule has 3 aliphatic rings. The molecule has 0 radical (unpaired) electrons. The number of aliphatic hydroxyl groups excluding tert-OH is 1. The second-order valence-corrected chi connectivity index (χ2v) is 31.6. The highest BCUT2D eigenvalue weighted by molar-refractivity contribution is 7.90. The van der Waals surface area contributed by atoms with Gasteiger partial charge in [0.15, 0.2) is 17.5 Å². The number of nitrogens with zero attached hydrogens (tertiary/aromatic N) is 9. The Labute approximate surface area is 1030 Å². The number of hydrogen-bond donors (Lipinski definition) is 7. The first-order chi connectivity index (χ1) is 184. The van der Waals surface area contributed by atoms with Crippen molar-refractivity contribution in [2.45, 2.75) is 74.4 Å². The number of sulfonamides is 3. The lowest BCUT2D eigenvalue weighted by atomic mass is 10.1. The summed E-state index contributed by atoms with van der Waals surface area (Å²) in [5.74, 6) is -10.2. The molecule has 0 bridgehead atoms. The van der Waals surface area contributed by atoms with E-state index in [0.717, 1.165) is 56.7 Å². The number of likely N-dealkylation sites (tertiary alicyclic amines) is 3. The van der Waals surface area contributed by atoms with Gasteiger partial charge in [0.25, 0.3) is 27.8 Å². The molecule has 6 unspecified atom stereocenters. The number of anilines is 3. The summed E-state index contributed by atoms with van der Waals surface area (Å²) >= 11 is 0. The fourth-order valence-corrected chi connectivity index (χ4v) is 16.3. The summed E-state index contributed by atoms with van der Waals surface area (Å²) in [6, 6.07) is 8.47. The number of aryl methyl sites for hydroxylation is 6. The number of rotatable bonds is 24. The van der Waals surface area contributed by atoms with Gasteiger partial charge < -0.3 is 63.7 Å². The van der Waals surface area contributed by atoms with Gasteiger partial charge in [0.05, 0.1) is 32.7 Å². The van der Waals surface area contributed by atoms with Crippen LogP contribution in [0, 0.1) is 73.4 Å². The molecule has 6 amide bonds. The summed E-state index contributed by atoms with van der Waals surface area (Å²) in [5, 5.41) is 20.3. The van der Waals surface area contributed by atoms with Gasteiger partial charge in [0, 0.05) is 546 Å². The number of hydrogen-bond acceptors (Lipinski definition) is 20. The lowest BCUT2D eigenvalue weighted by molar-refractivity contribution is 0.100. The molecule has 44 heteroatoms. The summed E-state index contributed by atoms with van der Waals surface area (Å²) in [6.07, 6.45) is 1.58. The average Bonchev–Trinajstić information content (AvgIpc) is 1.61. The average molecular weight is 2140 g/mol. The topological polar surface area (TPSA) is 442 Å². The highest BCUT2D eigenvalue weighted by Gasteiger charge is 2.44. The minimum Gasteiger partial charge on any atom is -0.450 e. The number of amides is 6. The Balaban J connectivity index is -0.0000000136. The van der Waals surface area contributed by atoms with Crippen LogP contribution in [0.5, 0.6) is 0 Å². The second kappa shape index (κ2) is 35.9. The molecule has 0 spiro atoms. The number of benzene rings is 3. The predicted octanol–water partition coefficient (Wildman–Crippen LogP) is 39.0. The fourth-order valence-electron chi connectivity index (χ4n) is 11.6. The van der Waals surface area contributed by atoms with E-state index in [2.05, 4.69) is 40.1 Å². The minimum atomic E-state index is -4.60. The van der Waals surface area contributed by atoms with Crippen molar-refractivity contribution < 1.29 is 509 Å². The molecule has 858 valence electrons. The number of aliphatic hydroxyl groups is 1. The van der Waals surface area contributed by atoms with E-state index in [0.29, 0.717) is 0 Å². The Morgan fingerprint density at radius 3 is 1.10 bits per heavy atom. The van der Waals surface area contributed by atoms with Crippen LogP contribution in [0.15, 0.2) is 93.0 Å². The smallest absolute Gasteiger partial charge is 0.409 e. The predicted molar refractivity (Wildman–Crippen MR) is 657 cm³/mol. The zero-order chi connectivity index (χ0) is 346. The van der Waals surface area contributed by atoms with Crippen molar-refractivity contribution in [3.8, 4) is 0 Å². The molecule has 34 nitrogen and oxygen atoms in total. The van der Waals surface area contributed by atoms with E-state index in [-0.39, 0.29) is 101 Å². The summed E-state index contributed by atoms with van der Waals surface area (Å²) in [7, 11) is -13.6. The van der Waals surface area contributed by atoms with Gasteiger partial charge in [-0.15, -0.1) is 0 Å². The first-order valence-corrected chi connectivity index (χ1v) is 38.9. The summed E-state index contributed by atoms with van der Waals surface area (Å²) in [6.45, 7) is 8.33. The van der Waals surface area contributed by atoms with E-state index in [1.165, 1.54) is 93.0 Å². The third-order valence-electron chi connectivity index (χ3n) is 17.0. The summed E-state index contributed by atoms with van der Waals surface area (Å²) in [4.78, 5) is 78.3. The van der Waals surface area contributed by atoms with Crippen LogP contribution in [0.3, 0.4) is 0 Å². The van der Waals surface area contributed by atoms with E-state index in [1.54, 1.807) is 20.8 Å². The molecule has 9 rings (SSSR count). The Kier molecular flexibility index (Phi) is 5.49. The Hall–Kier alpha value is -9.79. The van der Waals surface area contributed by atoms with E-state index in [4.69, 9.17) is 419 Å². The number of carbonyl (C=O) groups excluding carboxylic acids is 6. The first-order valence-electron chi connectivity index (χ1n) is 166. The van der Waals surface area contributed by atoms with Crippen LogP contribution >= 0.6 is 0 Å². The lowest BCUT2D eigenvalue weighted by Crippen LogP contribution is -2.42. The molecule has 3 aromatic heterocycles.